The minimum absolute atomic E-state index is 0.0427. The molecule has 32 heavy (non-hydrogen) atoms. The SMILES string of the molecule is COc1ccc(C(c2ccccc2)(c2ccc(OC)cc2)C(O)[C@H]2OC[C@H](O)[C@@H]2O)cc1. The van der Waals surface area contributed by atoms with E-state index in [1.807, 2.05) is 78.9 Å². The number of aliphatic hydroxyl groups is 3. The number of aliphatic hydroxyl groups excluding tert-OH is 3. The summed E-state index contributed by atoms with van der Waals surface area (Å²) >= 11 is 0. The normalized spacial score (nSPS) is 21.8. The number of hydrogen-bond acceptors (Lipinski definition) is 6. The van der Waals surface area contributed by atoms with Crippen LogP contribution in [0.2, 0.25) is 0 Å². The van der Waals surface area contributed by atoms with Gasteiger partial charge in [0.2, 0.25) is 0 Å². The second-order valence-corrected chi connectivity index (χ2v) is 7.93. The molecule has 0 aromatic heterocycles. The summed E-state index contributed by atoms with van der Waals surface area (Å²) in [6.07, 6.45) is -4.48. The number of hydrogen-bond donors (Lipinski definition) is 3. The van der Waals surface area contributed by atoms with Gasteiger partial charge in [-0.1, -0.05) is 54.6 Å². The van der Waals surface area contributed by atoms with Crippen LogP contribution in [0.1, 0.15) is 16.7 Å². The van der Waals surface area contributed by atoms with Crippen LogP contribution in [0.3, 0.4) is 0 Å². The second kappa shape index (κ2) is 9.30. The van der Waals surface area contributed by atoms with E-state index in [0.717, 1.165) is 16.7 Å². The van der Waals surface area contributed by atoms with Crippen LogP contribution >= 0.6 is 0 Å². The highest BCUT2D eigenvalue weighted by Crippen LogP contribution is 2.45. The highest BCUT2D eigenvalue weighted by molar-refractivity contribution is 5.54. The molecule has 6 heteroatoms. The van der Waals surface area contributed by atoms with Crippen molar-refractivity contribution in [2.75, 3.05) is 20.8 Å². The summed E-state index contributed by atoms with van der Waals surface area (Å²) in [5, 5.41) is 32.6. The van der Waals surface area contributed by atoms with Gasteiger partial charge in [0.05, 0.1) is 26.2 Å². The van der Waals surface area contributed by atoms with Gasteiger partial charge in [-0.3, -0.25) is 0 Å². The quantitative estimate of drug-likeness (QED) is 0.494. The molecule has 1 aliphatic heterocycles. The lowest BCUT2D eigenvalue weighted by molar-refractivity contribution is -0.0686. The number of benzene rings is 3. The molecule has 0 spiro atoms. The Bertz CT molecular complexity index is 955. The Morgan fingerprint density at radius 3 is 1.66 bits per heavy atom. The number of methoxy groups -OCH3 is 2. The van der Waals surface area contributed by atoms with Crippen molar-refractivity contribution in [3.8, 4) is 11.5 Å². The van der Waals surface area contributed by atoms with E-state index >= 15 is 0 Å². The van der Waals surface area contributed by atoms with Crippen molar-refractivity contribution in [1.82, 2.24) is 0 Å². The maximum atomic E-state index is 11.9. The Morgan fingerprint density at radius 2 is 1.25 bits per heavy atom. The van der Waals surface area contributed by atoms with Gasteiger partial charge in [0.15, 0.2) is 0 Å². The largest absolute Gasteiger partial charge is 0.497 e. The van der Waals surface area contributed by atoms with Crippen LogP contribution < -0.4 is 9.47 Å². The minimum atomic E-state index is -1.22. The lowest BCUT2D eigenvalue weighted by Crippen LogP contribution is -2.52. The Labute approximate surface area is 187 Å². The zero-order valence-electron chi connectivity index (χ0n) is 18.1. The van der Waals surface area contributed by atoms with Gasteiger partial charge in [-0.2, -0.15) is 0 Å². The summed E-state index contributed by atoms with van der Waals surface area (Å²) in [6, 6.07) is 24.6. The van der Waals surface area contributed by atoms with Crippen molar-refractivity contribution in [3.05, 3.63) is 95.6 Å². The van der Waals surface area contributed by atoms with Crippen molar-refractivity contribution in [2.24, 2.45) is 0 Å². The van der Waals surface area contributed by atoms with E-state index in [9.17, 15) is 15.3 Å². The van der Waals surface area contributed by atoms with Gasteiger partial charge in [0.25, 0.3) is 0 Å². The van der Waals surface area contributed by atoms with E-state index in [4.69, 9.17) is 14.2 Å². The van der Waals surface area contributed by atoms with Gasteiger partial charge >= 0.3 is 0 Å². The Kier molecular flexibility index (Phi) is 6.48. The molecule has 1 unspecified atom stereocenters. The first-order valence-electron chi connectivity index (χ1n) is 10.5. The Hall–Kier alpha value is -2.90. The molecule has 6 nitrogen and oxygen atoms in total. The lowest BCUT2D eigenvalue weighted by atomic mass is 9.64. The van der Waals surface area contributed by atoms with E-state index in [-0.39, 0.29) is 6.61 Å². The molecule has 3 aromatic rings. The summed E-state index contributed by atoms with van der Waals surface area (Å²) in [4.78, 5) is 0. The molecule has 3 aromatic carbocycles. The van der Waals surface area contributed by atoms with Crippen LogP contribution in [0.25, 0.3) is 0 Å². The van der Waals surface area contributed by atoms with Crippen LogP contribution in [0.15, 0.2) is 78.9 Å². The van der Waals surface area contributed by atoms with Crippen molar-refractivity contribution >= 4 is 0 Å². The minimum Gasteiger partial charge on any atom is -0.497 e. The molecule has 0 aliphatic carbocycles. The third-order valence-corrected chi connectivity index (χ3v) is 6.26. The molecule has 4 rings (SSSR count). The summed E-state index contributed by atoms with van der Waals surface area (Å²) in [5.74, 6) is 1.38. The molecule has 1 fully saturated rings. The molecular weight excluding hydrogens is 408 g/mol. The average molecular weight is 437 g/mol. The van der Waals surface area contributed by atoms with Gasteiger partial charge in [-0.05, 0) is 41.0 Å². The molecule has 0 bridgehead atoms. The molecule has 168 valence electrons. The van der Waals surface area contributed by atoms with Gasteiger partial charge < -0.3 is 29.5 Å². The Balaban J connectivity index is 1.98. The number of ether oxygens (including phenoxy) is 3. The van der Waals surface area contributed by atoms with Crippen LogP contribution in [0, 0.1) is 0 Å². The van der Waals surface area contributed by atoms with Crippen molar-refractivity contribution < 1.29 is 29.5 Å². The first-order chi connectivity index (χ1) is 15.5. The van der Waals surface area contributed by atoms with E-state index in [1.54, 1.807) is 14.2 Å². The van der Waals surface area contributed by atoms with E-state index in [2.05, 4.69) is 0 Å². The molecule has 0 saturated carbocycles. The third-order valence-electron chi connectivity index (χ3n) is 6.26. The van der Waals surface area contributed by atoms with Gasteiger partial charge in [-0.15, -0.1) is 0 Å². The van der Waals surface area contributed by atoms with Crippen molar-refractivity contribution in [3.63, 3.8) is 0 Å². The van der Waals surface area contributed by atoms with Gasteiger partial charge in [0, 0.05) is 0 Å². The van der Waals surface area contributed by atoms with Crippen LogP contribution in [-0.4, -0.2) is 60.6 Å². The maximum Gasteiger partial charge on any atom is 0.118 e. The summed E-state index contributed by atoms with van der Waals surface area (Å²) in [6.45, 7) is -0.0427. The average Bonchev–Trinajstić information content (AvgIpc) is 3.19. The predicted octanol–water partition coefficient (Wildman–Crippen LogP) is 2.52. The second-order valence-electron chi connectivity index (χ2n) is 7.93. The monoisotopic (exact) mass is 436 g/mol. The summed E-state index contributed by atoms with van der Waals surface area (Å²) in [7, 11) is 3.20. The molecule has 1 saturated heterocycles. The third kappa shape index (κ3) is 3.76. The van der Waals surface area contributed by atoms with Crippen LogP contribution in [-0.2, 0) is 10.2 Å². The molecule has 0 amide bonds. The topological polar surface area (TPSA) is 88.4 Å². The fourth-order valence-corrected chi connectivity index (χ4v) is 4.57. The highest BCUT2D eigenvalue weighted by Gasteiger charge is 2.52. The predicted molar refractivity (Wildman–Crippen MR) is 120 cm³/mol. The van der Waals surface area contributed by atoms with Gasteiger partial charge in [0.1, 0.15) is 35.9 Å². The highest BCUT2D eigenvalue weighted by atomic mass is 16.5. The van der Waals surface area contributed by atoms with Gasteiger partial charge in [-0.25, -0.2) is 0 Å². The standard InChI is InChI=1S/C26H28O6/c1-30-20-12-8-18(9-13-20)26(17-6-4-3-5-7-17,19-10-14-21(31-2)15-11-19)25(29)24-23(28)22(27)16-32-24/h3-15,22-25,27-29H,16H2,1-2H3/t22-,23-,24-,25?/m0/s1. The lowest BCUT2D eigenvalue weighted by Gasteiger charge is -2.42. The van der Waals surface area contributed by atoms with Crippen molar-refractivity contribution in [2.45, 2.75) is 29.8 Å². The first kappa shape index (κ1) is 22.3. The maximum absolute atomic E-state index is 11.9. The smallest absolute Gasteiger partial charge is 0.118 e. The molecule has 3 N–H and O–H groups in total. The van der Waals surface area contributed by atoms with E-state index in [1.165, 1.54) is 0 Å². The molecular formula is C26H28O6. The van der Waals surface area contributed by atoms with Crippen molar-refractivity contribution in [1.29, 1.82) is 0 Å². The number of rotatable bonds is 7. The first-order valence-corrected chi connectivity index (χ1v) is 10.5. The summed E-state index contributed by atoms with van der Waals surface area (Å²) < 4.78 is 16.4. The zero-order valence-corrected chi connectivity index (χ0v) is 18.1. The molecule has 0 radical (unpaired) electrons. The zero-order chi connectivity index (χ0) is 22.7. The Morgan fingerprint density at radius 1 is 0.781 bits per heavy atom. The fraction of sp³-hybridized carbons (Fsp3) is 0.308. The van der Waals surface area contributed by atoms with Crippen LogP contribution in [0.4, 0.5) is 0 Å². The molecule has 4 atom stereocenters. The molecule has 1 heterocycles. The fourth-order valence-electron chi connectivity index (χ4n) is 4.57. The molecule has 1 aliphatic rings. The van der Waals surface area contributed by atoms with E-state index in [0.29, 0.717) is 11.5 Å². The van der Waals surface area contributed by atoms with E-state index < -0.39 is 29.8 Å². The van der Waals surface area contributed by atoms with Crippen LogP contribution in [0.5, 0.6) is 11.5 Å². The summed E-state index contributed by atoms with van der Waals surface area (Å²) in [5.41, 5.74) is 1.30.